The molecule has 1 aliphatic rings. The van der Waals surface area contributed by atoms with Crippen molar-refractivity contribution in [3.05, 3.63) is 84.1 Å². The Hall–Kier alpha value is -4.74. The van der Waals surface area contributed by atoms with Crippen molar-refractivity contribution in [3.63, 3.8) is 0 Å². The van der Waals surface area contributed by atoms with Crippen LogP contribution in [-0.4, -0.2) is 73.3 Å². The van der Waals surface area contributed by atoms with Crippen LogP contribution in [0, 0.1) is 0 Å². The van der Waals surface area contributed by atoms with Gasteiger partial charge in [0.1, 0.15) is 17.3 Å². The van der Waals surface area contributed by atoms with Crippen LogP contribution in [0.4, 0.5) is 11.6 Å². The number of ether oxygens (including phenoxy) is 1. The Balaban J connectivity index is 1.26. The lowest BCUT2D eigenvalue weighted by Crippen LogP contribution is -2.22. The fraction of sp³-hybridized carbons (Fsp3) is 0.214. The normalized spacial score (nSPS) is 17.1. The molecule has 198 valence electrons. The van der Waals surface area contributed by atoms with Gasteiger partial charge in [-0.2, -0.15) is 5.10 Å². The van der Waals surface area contributed by atoms with Crippen LogP contribution in [0.3, 0.4) is 0 Å². The van der Waals surface area contributed by atoms with Gasteiger partial charge in [0.05, 0.1) is 42.5 Å². The van der Waals surface area contributed by atoms with Crippen LogP contribution in [-0.2, 0) is 6.54 Å². The van der Waals surface area contributed by atoms with Crippen molar-refractivity contribution in [1.82, 2.24) is 24.7 Å². The van der Waals surface area contributed by atoms with Gasteiger partial charge in [-0.3, -0.25) is 9.48 Å². The summed E-state index contributed by atoms with van der Waals surface area (Å²) in [6.45, 7) is 1.03. The van der Waals surface area contributed by atoms with Crippen LogP contribution in [0.25, 0.3) is 22.6 Å². The number of carbonyl (C=O) groups excluding carboxylic acids is 1. The van der Waals surface area contributed by atoms with E-state index in [0.717, 1.165) is 28.0 Å². The quantitative estimate of drug-likeness (QED) is 0.254. The molecule has 0 bridgehead atoms. The molecule has 0 unspecified atom stereocenters. The predicted octanol–water partition coefficient (Wildman–Crippen LogP) is 2.67. The number of nitrogens with zero attached hydrogens (tertiary/aromatic N) is 5. The van der Waals surface area contributed by atoms with Gasteiger partial charge in [-0.1, -0.05) is 24.3 Å². The predicted molar refractivity (Wildman–Crippen MR) is 146 cm³/mol. The van der Waals surface area contributed by atoms with E-state index in [2.05, 4.69) is 20.4 Å². The first-order valence-corrected chi connectivity index (χ1v) is 12.5. The van der Waals surface area contributed by atoms with Crippen molar-refractivity contribution in [2.75, 3.05) is 30.4 Å². The number of aromatic nitrogens is 5. The number of para-hydroxylation sites is 2. The van der Waals surface area contributed by atoms with E-state index in [1.165, 1.54) is 6.20 Å². The van der Waals surface area contributed by atoms with Gasteiger partial charge in [0, 0.05) is 25.4 Å². The molecule has 39 heavy (non-hydrogen) atoms. The largest absolute Gasteiger partial charge is 0.497 e. The number of pyridine rings is 1. The van der Waals surface area contributed by atoms with Crippen molar-refractivity contribution >= 4 is 28.6 Å². The summed E-state index contributed by atoms with van der Waals surface area (Å²) in [5.74, 6) is 2.00. The van der Waals surface area contributed by atoms with Crippen molar-refractivity contribution in [1.29, 1.82) is 0 Å². The smallest absolute Gasteiger partial charge is 0.258 e. The Morgan fingerprint density at radius 3 is 2.54 bits per heavy atom. The maximum Gasteiger partial charge on any atom is 0.258 e. The van der Waals surface area contributed by atoms with Gasteiger partial charge in [0.2, 0.25) is 0 Å². The van der Waals surface area contributed by atoms with Gasteiger partial charge in [0.25, 0.3) is 5.91 Å². The molecule has 4 heterocycles. The van der Waals surface area contributed by atoms with E-state index in [1.54, 1.807) is 34.9 Å². The zero-order valence-corrected chi connectivity index (χ0v) is 21.2. The maximum absolute atomic E-state index is 13.0. The number of H-pyrrole nitrogens is 1. The highest BCUT2D eigenvalue weighted by Gasteiger charge is 2.30. The number of imidazole rings is 1. The molecule has 3 aromatic heterocycles. The first kappa shape index (κ1) is 24.6. The zero-order valence-electron chi connectivity index (χ0n) is 21.2. The lowest BCUT2D eigenvalue weighted by Gasteiger charge is -2.16. The summed E-state index contributed by atoms with van der Waals surface area (Å²) in [6.07, 6.45) is -0.163. The molecule has 0 spiro atoms. The van der Waals surface area contributed by atoms with Crippen LogP contribution in [0.2, 0.25) is 0 Å². The Labute approximate surface area is 223 Å². The molecule has 0 saturated carbocycles. The summed E-state index contributed by atoms with van der Waals surface area (Å²) in [5.41, 5.74) is 3.82. The van der Waals surface area contributed by atoms with E-state index in [4.69, 9.17) is 9.72 Å². The second-order valence-electron chi connectivity index (χ2n) is 9.42. The van der Waals surface area contributed by atoms with Crippen LogP contribution in [0.5, 0.6) is 5.75 Å². The molecule has 4 N–H and O–H groups in total. The number of nitrogens with one attached hydrogen (secondary N) is 2. The summed E-state index contributed by atoms with van der Waals surface area (Å²) in [4.78, 5) is 27.2. The van der Waals surface area contributed by atoms with Crippen molar-refractivity contribution in [2.45, 2.75) is 18.8 Å². The topological polar surface area (TPSA) is 141 Å². The van der Waals surface area contributed by atoms with Gasteiger partial charge >= 0.3 is 0 Å². The highest BCUT2D eigenvalue weighted by Crippen LogP contribution is 2.25. The number of anilines is 2. The number of aliphatic hydroxyl groups is 2. The second kappa shape index (κ2) is 10.2. The number of carbonyl (C=O) groups is 1. The SMILES string of the molecule is COc1ccc(Cn2nc(NC(=O)c3ccc(N4C[C@H](O)[C@@H](O)C4)nc3)cc2-c2nc3ccccc3[nH]2)cc1. The van der Waals surface area contributed by atoms with Gasteiger partial charge < -0.3 is 30.2 Å². The molecular formula is C28H27N7O4. The average Bonchev–Trinajstić information content (AvgIpc) is 3.65. The second-order valence-corrected chi connectivity index (χ2v) is 9.42. The van der Waals surface area contributed by atoms with Crippen LogP contribution < -0.4 is 15.0 Å². The monoisotopic (exact) mass is 525 g/mol. The third-order valence-corrected chi connectivity index (χ3v) is 6.74. The fourth-order valence-electron chi connectivity index (χ4n) is 4.62. The van der Waals surface area contributed by atoms with E-state index >= 15 is 0 Å². The first-order chi connectivity index (χ1) is 19.0. The first-order valence-electron chi connectivity index (χ1n) is 12.5. The summed E-state index contributed by atoms with van der Waals surface area (Å²) in [6, 6.07) is 20.6. The van der Waals surface area contributed by atoms with Crippen LogP contribution in [0.15, 0.2) is 72.9 Å². The van der Waals surface area contributed by atoms with Crippen molar-refractivity contribution in [2.24, 2.45) is 0 Å². The lowest BCUT2D eigenvalue weighted by molar-refractivity contribution is 0.0572. The molecule has 1 aliphatic heterocycles. The number of fused-ring (bicyclic) bond motifs is 1. The summed E-state index contributed by atoms with van der Waals surface area (Å²) >= 11 is 0. The van der Waals surface area contributed by atoms with Crippen molar-refractivity contribution < 1.29 is 19.7 Å². The number of amides is 1. The van der Waals surface area contributed by atoms with Gasteiger partial charge in [-0.25, -0.2) is 9.97 Å². The molecule has 2 atom stereocenters. The number of benzene rings is 2. The van der Waals surface area contributed by atoms with Gasteiger partial charge in [-0.15, -0.1) is 0 Å². The molecule has 11 heteroatoms. The van der Waals surface area contributed by atoms with E-state index in [0.29, 0.717) is 29.6 Å². The van der Waals surface area contributed by atoms with E-state index in [-0.39, 0.29) is 19.0 Å². The van der Waals surface area contributed by atoms with Gasteiger partial charge in [-0.05, 0) is 42.0 Å². The zero-order chi connectivity index (χ0) is 26.9. The van der Waals surface area contributed by atoms with Crippen molar-refractivity contribution in [3.8, 4) is 17.3 Å². The molecule has 1 saturated heterocycles. The minimum atomic E-state index is -0.816. The molecule has 5 aromatic rings. The Kier molecular flexibility index (Phi) is 6.43. The molecule has 0 radical (unpaired) electrons. The molecule has 11 nitrogen and oxygen atoms in total. The molecule has 2 aromatic carbocycles. The minimum Gasteiger partial charge on any atom is -0.497 e. The molecular weight excluding hydrogens is 498 g/mol. The molecule has 0 aliphatic carbocycles. The summed E-state index contributed by atoms with van der Waals surface area (Å²) in [7, 11) is 1.63. The summed E-state index contributed by atoms with van der Waals surface area (Å²) < 4.78 is 7.06. The lowest BCUT2D eigenvalue weighted by atomic mass is 10.2. The number of aliphatic hydroxyl groups excluding tert-OH is 2. The number of hydrogen-bond donors (Lipinski definition) is 4. The maximum atomic E-state index is 13.0. The number of β-amino-alcohol motifs (C(OH)–C–C–N with tert-alkyl or cyclic N) is 2. The number of hydrogen-bond acceptors (Lipinski definition) is 8. The third kappa shape index (κ3) is 5.05. The molecule has 1 amide bonds. The summed E-state index contributed by atoms with van der Waals surface area (Å²) in [5, 5.41) is 27.1. The third-order valence-electron chi connectivity index (χ3n) is 6.74. The Bertz CT molecular complexity index is 1570. The average molecular weight is 526 g/mol. The van der Waals surface area contributed by atoms with E-state index < -0.39 is 12.2 Å². The standard InChI is InChI=1S/C28H27N7O4/c1-39-19-9-6-17(7-10-19)14-35-22(27-30-20-4-2-3-5-21(20)31-27)12-25(33-35)32-28(38)18-8-11-26(29-13-18)34-15-23(36)24(37)16-34/h2-13,23-24,36-37H,14-16H2,1H3,(H,30,31)(H,32,33,38)/t23-,24-/m0/s1. The van der Waals surface area contributed by atoms with E-state index in [9.17, 15) is 15.0 Å². The Morgan fingerprint density at radius 2 is 1.85 bits per heavy atom. The van der Waals surface area contributed by atoms with Gasteiger partial charge in [0.15, 0.2) is 11.6 Å². The number of aromatic amines is 1. The van der Waals surface area contributed by atoms with Crippen LogP contribution >= 0.6 is 0 Å². The Morgan fingerprint density at radius 1 is 1.08 bits per heavy atom. The highest BCUT2D eigenvalue weighted by atomic mass is 16.5. The fourth-order valence-corrected chi connectivity index (χ4v) is 4.62. The van der Waals surface area contributed by atoms with Crippen LogP contribution in [0.1, 0.15) is 15.9 Å². The number of rotatable bonds is 7. The minimum absolute atomic E-state index is 0.288. The number of methoxy groups -OCH3 is 1. The molecule has 1 fully saturated rings. The molecule has 6 rings (SSSR count). The highest BCUT2D eigenvalue weighted by molar-refractivity contribution is 6.03. The van der Waals surface area contributed by atoms with E-state index in [1.807, 2.05) is 48.5 Å².